The van der Waals surface area contributed by atoms with E-state index in [4.69, 9.17) is 4.74 Å². The molecule has 1 aliphatic rings. The molecule has 74 valence electrons. The van der Waals surface area contributed by atoms with Crippen molar-refractivity contribution in [1.29, 1.82) is 0 Å². The lowest BCUT2D eigenvalue weighted by Gasteiger charge is -2.28. The van der Waals surface area contributed by atoms with Gasteiger partial charge in [0.1, 0.15) is 11.4 Å². The van der Waals surface area contributed by atoms with Crippen molar-refractivity contribution in [2.24, 2.45) is 0 Å². The van der Waals surface area contributed by atoms with E-state index >= 15 is 0 Å². The van der Waals surface area contributed by atoms with Gasteiger partial charge in [-0.25, -0.2) is 0 Å². The van der Waals surface area contributed by atoms with Gasteiger partial charge in [-0.15, -0.1) is 0 Å². The number of anilines is 2. The zero-order chi connectivity index (χ0) is 10.1. The van der Waals surface area contributed by atoms with Gasteiger partial charge < -0.3 is 15.0 Å². The van der Waals surface area contributed by atoms with E-state index in [1.54, 1.807) is 19.1 Å². The molecule has 14 heavy (non-hydrogen) atoms. The first kappa shape index (κ1) is 8.87. The van der Waals surface area contributed by atoms with Gasteiger partial charge in [0.15, 0.2) is 0 Å². The number of likely N-dealkylation sites (N-methyl/N-ethyl adjacent to an activating group) is 1. The molecule has 4 heteroatoms. The Labute approximate surface area is 82.5 Å². The molecule has 0 fully saturated rings. The lowest BCUT2D eigenvalue weighted by molar-refractivity contribution is -0.116. The quantitative estimate of drug-likeness (QED) is 0.724. The van der Waals surface area contributed by atoms with Crippen LogP contribution in [0.5, 0.6) is 5.75 Å². The van der Waals surface area contributed by atoms with Gasteiger partial charge in [-0.3, -0.25) is 4.79 Å². The average Bonchev–Trinajstić information content (AvgIpc) is 2.23. The Kier molecular flexibility index (Phi) is 2.04. The predicted molar refractivity (Wildman–Crippen MR) is 54.9 cm³/mol. The highest BCUT2D eigenvalue weighted by atomic mass is 16.5. The maximum absolute atomic E-state index is 11.4. The molecule has 1 amide bonds. The number of carbonyl (C=O) groups is 1. The molecule has 1 aromatic carbocycles. The topological polar surface area (TPSA) is 41.6 Å². The molecule has 1 N–H and O–H groups in total. The molecule has 0 bridgehead atoms. The largest absolute Gasteiger partial charge is 0.494 e. The van der Waals surface area contributed by atoms with Crippen LogP contribution in [0.1, 0.15) is 0 Å². The summed E-state index contributed by atoms with van der Waals surface area (Å²) in [4.78, 5) is 13.0. The van der Waals surface area contributed by atoms with E-state index in [0.717, 1.165) is 11.4 Å². The minimum Gasteiger partial charge on any atom is -0.494 e. The van der Waals surface area contributed by atoms with Crippen molar-refractivity contribution in [2.75, 3.05) is 30.9 Å². The number of nitrogens with zero attached hydrogens (tertiary/aromatic N) is 1. The first-order valence-corrected chi connectivity index (χ1v) is 4.41. The Balaban J connectivity index is 2.55. The maximum atomic E-state index is 11.4. The monoisotopic (exact) mass is 192 g/mol. The van der Waals surface area contributed by atoms with E-state index in [1.807, 2.05) is 18.2 Å². The number of carbonyl (C=O) groups excluding carboxylic acids is 1. The lowest BCUT2D eigenvalue weighted by atomic mass is 10.2. The van der Waals surface area contributed by atoms with Gasteiger partial charge in [0.25, 0.3) is 0 Å². The summed E-state index contributed by atoms with van der Waals surface area (Å²) >= 11 is 0. The van der Waals surface area contributed by atoms with Crippen LogP contribution in [0, 0.1) is 0 Å². The van der Waals surface area contributed by atoms with E-state index in [-0.39, 0.29) is 5.91 Å². The summed E-state index contributed by atoms with van der Waals surface area (Å²) in [5.41, 5.74) is 1.75. The fraction of sp³-hybridized carbons (Fsp3) is 0.300. The van der Waals surface area contributed by atoms with E-state index in [0.29, 0.717) is 12.3 Å². The third-order valence-corrected chi connectivity index (χ3v) is 2.36. The molecule has 0 aliphatic carbocycles. The van der Waals surface area contributed by atoms with Gasteiger partial charge in [-0.1, -0.05) is 6.07 Å². The predicted octanol–water partition coefficient (Wildman–Crippen LogP) is 1.08. The molecule has 1 aliphatic heterocycles. The summed E-state index contributed by atoms with van der Waals surface area (Å²) in [6.07, 6.45) is 0. The molecule has 0 saturated carbocycles. The zero-order valence-corrected chi connectivity index (χ0v) is 8.20. The number of nitrogens with one attached hydrogen (secondary N) is 1. The smallest absolute Gasteiger partial charge is 0.246 e. The summed E-state index contributed by atoms with van der Waals surface area (Å²) in [5, 5.41) is 3.05. The normalized spacial score (nSPS) is 14.7. The second-order valence-corrected chi connectivity index (χ2v) is 3.16. The van der Waals surface area contributed by atoms with Crippen molar-refractivity contribution in [3.63, 3.8) is 0 Å². The van der Waals surface area contributed by atoms with E-state index in [9.17, 15) is 4.79 Å². The minimum atomic E-state index is 0.0435. The van der Waals surface area contributed by atoms with Crippen LogP contribution in [-0.4, -0.2) is 26.6 Å². The van der Waals surface area contributed by atoms with Crippen LogP contribution in [0.3, 0.4) is 0 Å². The van der Waals surface area contributed by atoms with E-state index in [2.05, 4.69) is 5.32 Å². The van der Waals surface area contributed by atoms with Crippen molar-refractivity contribution in [1.82, 2.24) is 0 Å². The van der Waals surface area contributed by atoms with E-state index < -0.39 is 0 Å². The number of fused-ring (bicyclic) bond motifs is 1. The fourth-order valence-electron chi connectivity index (χ4n) is 1.59. The molecular formula is C10H12N2O2. The molecule has 2 rings (SSSR count). The summed E-state index contributed by atoms with van der Waals surface area (Å²) in [6, 6.07) is 5.67. The fourth-order valence-corrected chi connectivity index (χ4v) is 1.59. The van der Waals surface area contributed by atoms with Gasteiger partial charge in [-0.2, -0.15) is 0 Å². The van der Waals surface area contributed by atoms with Gasteiger partial charge in [0.05, 0.1) is 19.3 Å². The van der Waals surface area contributed by atoms with E-state index in [1.165, 1.54) is 0 Å². The van der Waals surface area contributed by atoms with Crippen LogP contribution in [0.25, 0.3) is 0 Å². The molecule has 0 unspecified atom stereocenters. The minimum absolute atomic E-state index is 0.0435. The van der Waals surface area contributed by atoms with Gasteiger partial charge >= 0.3 is 0 Å². The summed E-state index contributed by atoms with van der Waals surface area (Å²) in [6.45, 7) is 0.344. The Morgan fingerprint density at radius 2 is 2.29 bits per heavy atom. The summed E-state index contributed by atoms with van der Waals surface area (Å²) in [7, 11) is 3.35. The second kappa shape index (κ2) is 3.21. The number of benzene rings is 1. The van der Waals surface area contributed by atoms with Crippen molar-refractivity contribution in [3.05, 3.63) is 18.2 Å². The van der Waals surface area contributed by atoms with Crippen LogP contribution < -0.4 is 15.0 Å². The van der Waals surface area contributed by atoms with Gasteiger partial charge in [0.2, 0.25) is 5.91 Å². The first-order valence-electron chi connectivity index (χ1n) is 4.41. The van der Waals surface area contributed by atoms with Gasteiger partial charge in [-0.05, 0) is 12.1 Å². The molecular weight excluding hydrogens is 180 g/mol. The highest BCUT2D eigenvalue weighted by Crippen LogP contribution is 2.37. The Bertz CT molecular complexity index is 362. The Hall–Kier alpha value is -1.71. The number of ether oxygens (including phenoxy) is 1. The van der Waals surface area contributed by atoms with Crippen LogP contribution in [0.4, 0.5) is 11.4 Å². The molecule has 0 saturated heterocycles. The number of amides is 1. The Morgan fingerprint density at radius 3 is 3.00 bits per heavy atom. The molecule has 0 spiro atoms. The molecule has 0 radical (unpaired) electrons. The van der Waals surface area contributed by atoms with Crippen LogP contribution in [0.2, 0.25) is 0 Å². The number of rotatable bonds is 1. The lowest BCUT2D eigenvalue weighted by Crippen LogP contribution is -2.36. The van der Waals surface area contributed by atoms with Crippen molar-refractivity contribution >= 4 is 17.3 Å². The molecule has 0 atom stereocenters. The maximum Gasteiger partial charge on any atom is 0.246 e. The summed E-state index contributed by atoms with van der Waals surface area (Å²) < 4.78 is 5.20. The number of hydrogen-bond acceptors (Lipinski definition) is 3. The molecule has 4 nitrogen and oxygen atoms in total. The SMILES string of the molecule is COc1cccc2c1N(C)C(=O)CN2. The zero-order valence-electron chi connectivity index (χ0n) is 8.20. The number of methoxy groups -OCH3 is 1. The summed E-state index contributed by atoms with van der Waals surface area (Å²) in [5.74, 6) is 0.757. The second-order valence-electron chi connectivity index (χ2n) is 3.16. The van der Waals surface area contributed by atoms with Crippen molar-refractivity contribution < 1.29 is 9.53 Å². The standard InChI is InChI=1S/C10H12N2O2/c1-12-9(13)6-11-7-4-3-5-8(14-2)10(7)12/h3-5,11H,6H2,1-2H3. The van der Waals surface area contributed by atoms with Crippen LogP contribution in [-0.2, 0) is 4.79 Å². The number of para-hydroxylation sites is 1. The van der Waals surface area contributed by atoms with Crippen molar-refractivity contribution in [2.45, 2.75) is 0 Å². The van der Waals surface area contributed by atoms with Crippen LogP contribution >= 0.6 is 0 Å². The Morgan fingerprint density at radius 1 is 1.50 bits per heavy atom. The average molecular weight is 192 g/mol. The van der Waals surface area contributed by atoms with Crippen LogP contribution in [0.15, 0.2) is 18.2 Å². The first-order chi connectivity index (χ1) is 6.74. The molecule has 1 heterocycles. The third kappa shape index (κ3) is 1.19. The van der Waals surface area contributed by atoms with Crippen molar-refractivity contribution in [3.8, 4) is 5.75 Å². The molecule has 0 aromatic heterocycles. The third-order valence-electron chi connectivity index (χ3n) is 2.36. The molecule has 1 aromatic rings. The number of hydrogen-bond donors (Lipinski definition) is 1. The van der Waals surface area contributed by atoms with Gasteiger partial charge in [0, 0.05) is 7.05 Å². The highest BCUT2D eigenvalue weighted by Gasteiger charge is 2.23. The highest BCUT2D eigenvalue weighted by molar-refractivity contribution is 6.03.